The van der Waals surface area contributed by atoms with E-state index in [9.17, 15) is 0 Å². The molecule has 0 saturated carbocycles. The van der Waals surface area contributed by atoms with E-state index in [-0.39, 0.29) is 0 Å². The van der Waals surface area contributed by atoms with E-state index in [2.05, 4.69) is 186 Å². The second-order valence-electron chi connectivity index (χ2n) is 14.7. The number of hydrogen-bond acceptors (Lipinski definition) is 2. The molecule has 252 valence electrons. The van der Waals surface area contributed by atoms with Crippen molar-refractivity contribution >= 4 is 98.6 Å². The summed E-state index contributed by atoms with van der Waals surface area (Å²) in [5.74, 6) is 0. The molecule has 12 rings (SSSR count). The van der Waals surface area contributed by atoms with Crippen molar-refractivity contribution in [3.8, 4) is 11.1 Å². The van der Waals surface area contributed by atoms with Gasteiger partial charge in [0.2, 0.25) is 0 Å². The van der Waals surface area contributed by atoms with E-state index < -0.39 is 0 Å². The maximum atomic E-state index is 6.59. The van der Waals surface area contributed by atoms with E-state index in [4.69, 9.17) is 4.42 Å². The van der Waals surface area contributed by atoms with E-state index in [1.165, 1.54) is 76.3 Å². The van der Waals surface area contributed by atoms with Gasteiger partial charge in [-0.25, -0.2) is 0 Å². The van der Waals surface area contributed by atoms with Crippen molar-refractivity contribution in [2.45, 2.75) is 6.92 Å². The molecule has 0 saturated heterocycles. The SMILES string of the molecule is Cc1ccc2cc3c4cc(-c5ccccc5)cc5c6cc7ccc(N(c8ccccc8)c8cccc9c8oc8ccccc89)cc7cc6n(c3cc2c1)c45. The first-order chi connectivity index (χ1) is 26.7. The van der Waals surface area contributed by atoms with Crippen molar-refractivity contribution in [1.82, 2.24) is 4.40 Å². The molecule has 0 N–H and O–H groups in total. The molecule has 0 radical (unpaired) electrons. The molecule has 0 amide bonds. The fourth-order valence-corrected chi connectivity index (χ4v) is 8.99. The quantitative estimate of drug-likeness (QED) is 0.183. The molecule has 0 spiro atoms. The van der Waals surface area contributed by atoms with Gasteiger partial charge in [0, 0.05) is 43.7 Å². The van der Waals surface area contributed by atoms with Crippen molar-refractivity contribution in [3.63, 3.8) is 0 Å². The molecular weight excluding hydrogens is 657 g/mol. The molecule has 3 aromatic heterocycles. The van der Waals surface area contributed by atoms with Crippen LogP contribution in [0.15, 0.2) is 180 Å². The molecule has 0 atom stereocenters. The zero-order valence-electron chi connectivity index (χ0n) is 29.5. The fourth-order valence-electron chi connectivity index (χ4n) is 8.99. The van der Waals surface area contributed by atoms with Crippen molar-refractivity contribution in [2.24, 2.45) is 0 Å². The van der Waals surface area contributed by atoms with E-state index >= 15 is 0 Å². The van der Waals surface area contributed by atoms with Crippen LogP contribution in [0.3, 0.4) is 0 Å². The van der Waals surface area contributed by atoms with E-state index in [0.717, 1.165) is 39.0 Å². The maximum Gasteiger partial charge on any atom is 0.159 e. The van der Waals surface area contributed by atoms with Crippen LogP contribution in [-0.4, -0.2) is 4.40 Å². The van der Waals surface area contributed by atoms with Gasteiger partial charge in [-0.2, -0.15) is 0 Å². The van der Waals surface area contributed by atoms with Crippen LogP contribution in [0, 0.1) is 6.92 Å². The lowest BCUT2D eigenvalue weighted by Crippen LogP contribution is -2.10. The molecule has 0 fully saturated rings. The van der Waals surface area contributed by atoms with Gasteiger partial charge in [-0.3, -0.25) is 0 Å². The van der Waals surface area contributed by atoms with Gasteiger partial charge in [0.05, 0.1) is 22.2 Å². The Morgan fingerprint density at radius 1 is 0.426 bits per heavy atom. The molecule has 0 unspecified atom stereocenters. The molecule has 9 aromatic carbocycles. The van der Waals surface area contributed by atoms with Gasteiger partial charge in [0.1, 0.15) is 5.58 Å². The minimum absolute atomic E-state index is 0.880. The van der Waals surface area contributed by atoms with Crippen LogP contribution in [0.1, 0.15) is 5.56 Å². The maximum absolute atomic E-state index is 6.59. The average molecular weight is 689 g/mol. The summed E-state index contributed by atoms with van der Waals surface area (Å²) in [4.78, 5) is 2.33. The van der Waals surface area contributed by atoms with Crippen molar-refractivity contribution < 1.29 is 4.42 Å². The molecule has 54 heavy (non-hydrogen) atoms. The number of furan rings is 1. The van der Waals surface area contributed by atoms with Crippen LogP contribution in [0.5, 0.6) is 0 Å². The van der Waals surface area contributed by atoms with Gasteiger partial charge >= 0.3 is 0 Å². The molecule has 3 heteroatoms. The summed E-state index contributed by atoms with van der Waals surface area (Å²) >= 11 is 0. The summed E-state index contributed by atoms with van der Waals surface area (Å²) < 4.78 is 9.11. The molecular formula is C51H32N2O. The normalized spacial score (nSPS) is 12.2. The Labute approximate surface area is 310 Å². The molecule has 0 bridgehead atoms. The molecule has 0 aliphatic carbocycles. The van der Waals surface area contributed by atoms with E-state index in [0.29, 0.717) is 0 Å². The van der Waals surface area contributed by atoms with Gasteiger partial charge in [-0.1, -0.05) is 109 Å². The second kappa shape index (κ2) is 11.0. The highest BCUT2D eigenvalue weighted by Gasteiger charge is 2.22. The van der Waals surface area contributed by atoms with Gasteiger partial charge in [0.15, 0.2) is 5.58 Å². The van der Waals surface area contributed by atoms with Crippen LogP contribution >= 0.6 is 0 Å². The molecule has 3 heterocycles. The summed E-state index contributed by atoms with van der Waals surface area (Å²) in [7, 11) is 0. The molecule has 0 aliphatic rings. The number of nitrogens with zero attached hydrogens (tertiary/aromatic N) is 2. The topological polar surface area (TPSA) is 20.8 Å². The summed E-state index contributed by atoms with van der Waals surface area (Å²) in [6.45, 7) is 2.17. The summed E-state index contributed by atoms with van der Waals surface area (Å²) in [6.07, 6.45) is 0. The molecule has 0 aliphatic heterocycles. The van der Waals surface area contributed by atoms with Crippen molar-refractivity contribution in [3.05, 3.63) is 181 Å². The largest absolute Gasteiger partial charge is 0.454 e. The predicted molar refractivity (Wildman–Crippen MR) is 228 cm³/mol. The van der Waals surface area contributed by atoms with Crippen LogP contribution < -0.4 is 4.90 Å². The summed E-state index contributed by atoms with van der Waals surface area (Å²) in [5, 5.41) is 12.3. The zero-order valence-corrected chi connectivity index (χ0v) is 29.5. The third-order valence-corrected chi connectivity index (χ3v) is 11.4. The molecule has 12 aromatic rings. The monoisotopic (exact) mass is 688 g/mol. The fraction of sp³-hybridized carbons (Fsp3) is 0.0196. The second-order valence-corrected chi connectivity index (χ2v) is 14.7. The van der Waals surface area contributed by atoms with Gasteiger partial charge < -0.3 is 13.7 Å². The number of fused-ring (bicyclic) bond motifs is 11. The van der Waals surface area contributed by atoms with Crippen LogP contribution in [0.4, 0.5) is 17.1 Å². The minimum Gasteiger partial charge on any atom is -0.454 e. The highest BCUT2D eigenvalue weighted by Crippen LogP contribution is 2.46. The Balaban J connectivity index is 1.15. The Bertz CT molecular complexity index is 3450. The molecule has 3 nitrogen and oxygen atoms in total. The highest BCUT2D eigenvalue weighted by atomic mass is 16.3. The van der Waals surface area contributed by atoms with Crippen molar-refractivity contribution in [1.29, 1.82) is 0 Å². The standard InChI is InChI=1S/C51H32N2O/c1-31-19-20-33-25-42-44-27-37(32-11-4-2-5-12-32)28-45-43-26-34-21-22-39(24-36(34)30-48(43)53(50(44)45)47(42)29-35(33)23-31)52(38-13-6-3-7-14-38)46-17-10-16-41-40-15-8-9-18-49(40)54-51(41)46/h2-30H,1H3. The number of aryl methyl sites for hydroxylation is 1. The van der Waals surface area contributed by atoms with Crippen LogP contribution in [-0.2, 0) is 0 Å². The first-order valence-corrected chi connectivity index (χ1v) is 18.6. The Morgan fingerprint density at radius 3 is 1.83 bits per heavy atom. The van der Waals surface area contributed by atoms with Crippen LogP contribution in [0.2, 0.25) is 0 Å². The van der Waals surface area contributed by atoms with Gasteiger partial charge in [-0.05, 0) is 112 Å². The zero-order chi connectivity index (χ0) is 35.5. The van der Waals surface area contributed by atoms with Crippen molar-refractivity contribution in [2.75, 3.05) is 4.90 Å². The van der Waals surface area contributed by atoms with Crippen LogP contribution in [0.25, 0.3) is 92.7 Å². The Hall–Kier alpha value is -7.10. The lowest BCUT2D eigenvalue weighted by molar-refractivity contribution is 0.669. The predicted octanol–water partition coefficient (Wildman–Crippen LogP) is 14.5. The number of aromatic nitrogens is 1. The van der Waals surface area contributed by atoms with E-state index in [1.54, 1.807) is 0 Å². The number of hydrogen-bond donors (Lipinski definition) is 0. The Kier molecular flexibility index (Phi) is 5.98. The van der Waals surface area contributed by atoms with Gasteiger partial charge in [-0.15, -0.1) is 0 Å². The smallest absolute Gasteiger partial charge is 0.159 e. The summed E-state index contributed by atoms with van der Waals surface area (Å²) in [6, 6.07) is 64.2. The lowest BCUT2D eigenvalue weighted by atomic mass is 9.97. The highest BCUT2D eigenvalue weighted by molar-refractivity contribution is 6.27. The van der Waals surface area contributed by atoms with Gasteiger partial charge in [0.25, 0.3) is 0 Å². The number of anilines is 3. The third kappa shape index (κ3) is 4.18. The average Bonchev–Trinajstić information content (AvgIpc) is 3.86. The summed E-state index contributed by atoms with van der Waals surface area (Å²) in [5.41, 5.74) is 12.4. The first kappa shape index (κ1) is 29.5. The third-order valence-electron chi connectivity index (χ3n) is 11.4. The van der Waals surface area contributed by atoms with E-state index in [1.807, 2.05) is 6.07 Å². The first-order valence-electron chi connectivity index (χ1n) is 18.6. The number of benzene rings is 9. The number of rotatable bonds is 4. The number of para-hydroxylation sites is 3. The minimum atomic E-state index is 0.880. The Morgan fingerprint density at radius 2 is 1.07 bits per heavy atom. The lowest BCUT2D eigenvalue weighted by Gasteiger charge is -2.25.